The average molecular weight is 145 g/mol. The monoisotopic (exact) mass is 145 g/mol. The summed E-state index contributed by atoms with van der Waals surface area (Å²) in [5.74, 6) is -0.949. The van der Waals surface area contributed by atoms with Crippen molar-refractivity contribution in [2.75, 3.05) is 6.54 Å². The fourth-order valence-electron chi connectivity index (χ4n) is 0. The standard InChI is InChI=1S/C3H5NO.C2H6N2O/c1-2-3(4)5;3-1-2(4)5/h2H,1H2,(H2,4,5);1,3H2,(H2,4,5). The number of hydrogen-bond acceptors (Lipinski definition) is 3. The normalized spacial score (nSPS) is 6.90. The molecule has 0 bridgehead atoms. The first-order valence-electron chi connectivity index (χ1n) is 2.44. The maximum absolute atomic E-state index is 9.47. The Labute approximate surface area is 58.9 Å². The lowest BCUT2D eigenvalue weighted by atomic mass is 10.6. The fraction of sp³-hybridized carbons (Fsp3) is 0.200. The average Bonchev–Trinajstić information content (AvgIpc) is 1.89. The van der Waals surface area contributed by atoms with Crippen LogP contribution in [0.5, 0.6) is 0 Å². The molecule has 0 spiro atoms. The molecule has 0 unspecified atom stereocenters. The number of rotatable bonds is 2. The molecule has 0 fully saturated rings. The first-order chi connectivity index (χ1) is 4.54. The molecule has 5 nitrogen and oxygen atoms in total. The summed E-state index contributed by atoms with van der Waals surface area (Å²) in [7, 11) is 0. The molecule has 0 aromatic heterocycles. The van der Waals surface area contributed by atoms with Crippen LogP contribution >= 0.6 is 0 Å². The summed E-state index contributed by atoms with van der Waals surface area (Å²) in [6.07, 6.45) is 1.06. The number of carbonyl (C=O) groups excluding carboxylic acids is 2. The lowest BCUT2D eigenvalue weighted by Gasteiger charge is -1.74. The Balaban J connectivity index is 0. The molecular weight excluding hydrogens is 134 g/mol. The van der Waals surface area contributed by atoms with Gasteiger partial charge in [0.05, 0.1) is 6.54 Å². The van der Waals surface area contributed by atoms with Gasteiger partial charge in [-0.3, -0.25) is 9.59 Å². The van der Waals surface area contributed by atoms with E-state index < -0.39 is 11.8 Å². The third kappa shape index (κ3) is 30.3. The van der Waals surface area contributed by atoms with E-state index in [1.807, 2.05) is 0 Å². The van der Waals surface area contributed by atoms with Crippen LogP contribution in [0.1, 0.15) is 0 Å². The highest BCUT2D eigenvalue weighted by molar-refractivity contribution is 5.84. The van der Waals surface area contributed by atoms with Crippen LogP contribution in [0.15, 0.2) is 12.7 Å². The van der Waals surface area contributed by atoms with Gasteiger partial charge in [0.15, 0.2) is 0 Å². The molecule has 0 aliphatic carbocycles. The Bertz CT molecular complexity index is 133. The van der Waals surface area contributed by atoms with Crippen LogP contribution in [0, 0.1) is 0 Å². The smallest absolute Gasteiger partial charge is 0.240 e. The van der Waals surface area contributed by atoms with Crippen LogP contribution in [0.25, 0.3) is 0 Å². The summed E-state index contributed by atoms with van der Waals surface area (Å²) in [4.78, 5) is 18.9. The van der Waals surface area contributed by atoms with Gasteiger partial charge >= 0.3 is 0 Å². The quantitative estimate of drug-likeness (QED) is 0.394. The zero-order chi connectivity index (χ0) is 8.57. The molecular formula is C5H11N3O2. The lowest BCUT2D eigenvalue weighted by Crippen LogP contribution is -2.21. The van der Waals surface area contributed by atoms with E-state index in [1.54, 1.807) is 0 Å². The Morgan fingerprint density at radius 3 is 1.60 bits per heavy atom. The van der Waals surface area contributed by atoms with E-state index in [0.717, 1.165) is 6.08 Å². The minimum absolute atomic E-state index is 0.0556. The van der Waals surface area contributed by atoms with Crippen molar-refractivity contribution in [2.45, 2.75) is 0 Å². The minimum atomic E-state index is -0.481. The molecule has 58 valence electrons. The topological polar surface area (TPSA) is 112 Å². The van der Waals surface area contributed by atoms with Gasteiger partial charge in [-0.15, -0.1) is 0 Å². The van der Waals surface area contributed by atoms with Gasteiger partial charge in [-0.25, -0.2) is 0 Å². The molecule has 0 aliphatic rings. The summed E-state index contributed by atoms with van der Waals surface area (Å²) in [5, 5.41) is 0. The van der Waals surface area contributed by atoms with E-state index in [1.165, 1.54) is 0 Å². The first-order valence-corrected chi connectivity index (χ1v) is 2.44. The van der Waals surface area contributed by atoms with Gasteiger partial charge in [-0.1, -0.05) is 6.58 Å². The zero-order valence-electron chi connectivity index (χ0n) is 5.54. The molecule has 0 heterocycles. The molecule has 5 heteroatoms. The van der Waals surface area contributed by atoms with Crippen molar-refractivity contribution < 1.29 is 9.59 Å². The summed E-state index contributed by atoms with van der Waals surface area (Å²) in [6, 6.07) is 0. The summed E-state index contributed by atoms with van der Waals surface area (Å²) in [6.45, 7) is 3.03. The van der Waals surface area contributed by atoms with Gasteiger partial charge in [0, 0.05) is 0 Å². The largest absolute Gasteiger partial charge is 0.369 e. The van der Waals surface area contributed by atoms with Gasteiger partial charge in [0.1, 0.15) is 0 Å². The Hall–Kier alpha value is -1.36. The highest BCUT2D eigenvalue weighted by atomic mass is 16.1. The molecule has 10 heavy (non-hydrogen) atoms. The highest BCUT2D eigenvalue weighted by Crippen LogP contribution is 1.48. The van der Waals surface area contributed by atoms with Crippen LogP contribution in [-0.2, 0) is 9.59 Å². The lowest BCUT2D eigenvalue weighted by molar-refractivity contribution is -0.116. The molecule has 0 atom stereocenters. The van der Waals surface area contributed by atoms with E-state index >= 15 is 0 Å². The van der Waals surface area contributed by atoms with Crippen molar-refractivity contribution in [1.29, 1.82) is 0 Å². The van der Waals surface area contributed by atoms with Crippen LogP contribution in [0.3, 0.4) is 0 Å². The third-order valence-corrected chi connectivity index (χ3v) is 0.402. The second kappa shape index (κ2) is 7.64. The number of amides is 2. The molecule has 0 radical (unpaired) electrons. The maximum atomic E-state index is 9.47. The van der Waals surface area contributed by atoms with Gasteiger partial charge in [-0.05, 0) is 6.08 Å². The second-order valence-electron chi connectivity index (χ2n) is 1.28. The van der Waals surface area contributed by atoms with Crippen LogP contribution < -0.4 is 17.2 Å². The van der Waals surface area contributed by atoms with E-state index in [0.29, 0.717) is 0 Å². The van der Waals surface area contributed by atoms with Gasteiger partial charge in [0.25, 0.3) is 0 Å². The predicted molar refractivity (Wildman–Crippen MR) is 37.6 cm³/mol. The first kappa shape index (κ1) is 11.4. The van der Waals surface area contributed by atoms with Crippen molar-refractivity contribution in [3.63, 3.8) is 0 Å². The Kier molecular flexibility index (Phi) is 8.74. The molecule has 2 amide bonds. The van der Waals surface area contributed by atoms with E-state index in [4.69, 9.17) is 5.73 Å². The third-order valence-electron chi connectivity index (χ3n) is 0.402. The summed E-state index contributed by atoms with van der Waals surface area (Å²) >= 11 is 0. The van der Waals surface area contributed by atoms with E-state index in [2.05, 4.69) is 18.0 Å². The summed E-state index contributed by atoms with van der Waals surface area (Å²) in [5.41, 5.74) is 13.8. The second-order valence-corrected chi connectivity index (χ2v) is 1.28. The number of nitrogens with two attached hydrogens (primary N) is 3. The van der Waals surface area contributed by atoms with E-state index in [-0.39, 0.29) is 6.54 Å². The molecule has 0 aromatic rings. The Morgan fingerprint density at radius 2 is 1.60 bits per heavy atom. The van der Waals surface area contributed by atoms with Crippen LogP contribution in [0.2, 0.25) is 0 Å². The van der Waals surface area contributed by atoms with Crippen molar-refractivity contribution in [3.8, 4) is 0 Å². The Morgan fingerprint density at radius 1 is 1.40 bits per heavy atom. The van der Waals surface area contributed by atoms with Crippen molar-refractivity contribution in [2.24, 2.45) is 17.2 Å². The molecule has 0 aliphatic heterocycles. The van der Waals surface area contributed by atoms with Gasteiger partial charge < -0.3 is 17.2 Å². The van der Waals surface area contributed by atoms with Crippen LogP contribution in [0.4, 0.5) is 0 Å². The molecule has 6 N–H and O–H groups in total. The minimum Gasteiger partial charge on any atom is -0.369 e. The molecule has 0 saturated heterocycles. The highest BCUT2D eigenvalue weighted by Gasteiger charge is 1.77. The van der Waals surface area contributed by atoms with Crippen LogP contribution in [-0.4, -0.2) is 18.4 Å². The SMILES string of the molecule is C=CC(N)=O.NCC(N)=O. The number of hydrogen-bond donors (Lipinski definition) is 3. The number of primary amides is 2. The zero-order valence-corrected chi connectivity index (χ0v) is 5.54. The predicted octanol–water partition coefficient (Wildman–Crippen LogP) is -1.91. The molecule has 0 aromatic carbocycles. The van der Waals surface area contributed by atoms with Crippen molar-refractivity contribution in [3.05, 3.63) is 12.7 Å². The van der Waals surface area contributed by atoms with Crippen molar-refractivity contribution in [1.82, 2.24) is 0 Å². The summed E-state index contributed by atoms with van der Waals surface area (Å²) < 4.78 is 0. The molecule has 0 saturated carbocycles. The van der Waals surface area contributed by atoms with Gasteiger partial charge in [-0.2, -0.15) is 0 Å². The molecule has 0 rings (SSSR count). The maximum Gasteiger partial charge on any atom is 0.240 e. The fourth-order valence-corrected chi connectivity index (χ4v) is 0. The number of carbonyl (C=O) groups is 2. The van der Waals surface area contributed by atoms with Crippen molar-refractivity contribution >= 4 is 11.8 Å². The van der Waals surface area contributed by atoms with Gasteiger partial charge in [0.2, 0.25) is 11.8 Å². The van der Waals surface area contributed by atoms with E-state index in [9.17, 15) is 9.59 Å².